The summed E-state index contributed by atoms with van der Waals surface area (Å²) >= 11 is 3.26. The first-order valence-corrected chi connectivity index (χ1v) is 4.67. The highest BCUT2D eigenvalue weighted by Gasteiger charge is 2.14. The van der Waals surface area contributed by atoms with E-state index in [4.69, 9.17) is 4.11 Å². The third-order valence-electron chi connectivity index (χ3n) is 1.75. The Morgan fingerprint density at radius 3 is 2.79 bits per heavy atom. The van der Waals surface area contributed by atoms with Crippen molar-refractivity contribution < 1.29 is 8.91 Å². The largest absolute Gasteiger partial charge is 0.310 e. The summed E-state index contributed by atoms with van der Waals surface area (Å²) in [6, 6.07) is 6.19. The molecule has 0 radical (unpaired) electrons. The van der Waals surface area contributed by atoms with Crippen LogP contribution < -0.4 is 5.32 Å². The fourth-order valence-electron chi connectivity index (χ4n) is 0.960. The Bertz CT molecular complexity index is 397. The highest BCUT2D eigenvalue weighted by molar-refractivity contribution is 9.10. The predicted octanol–water partition coefficient (Wildman–Crippen LogP) is 2.66. The number of nitrogens with one attached hydrogen (secondary N) is 1. The van der Waals surface area contributed by atoms with E-state index in [2.05, 4.69) is 21.2 Å². The lowest BCUT2D eigenvalue weighted by Crippen LogP contribution is -2.30. The van der Waals surface area contributed by atoms with E-state index >= 15 is 0 Å². The molecule has 78 valence electrons. The zero-order valence-electron chi connectivity index (χ0n) is 10.6. The lowest BCUT2D eigenvalue weighted by atomic mass is 10.1. The molecule has 0 amide bonds. The average Bonchev–Trinajstić information content (AvgIpc) is 2.15. The van der Waals surface area contributed by atoms with Crippen molar-refractivity contribution in [3.05, 3.63) is 34.3 Å². The summed E-state index contributed by atoms with van der Waals surface area (Å²) in [5.41, 5.74) is 0.478. The van der Waals surface area contributed by atoms with Crippen LogP contribution in [0.25, 0.3) is 0 Å². The summed E-state index contributed by atoms with van der Waals surface area (Å²) in [5, 5.41) is 2.27. The molecule has 1 aromatic rings. The first kappa shape index (κ1) is 8.89. The fourth-order valence-corrected chi connectivity index (χ4v) is 1.44. The lowest BCUT2D eigenvalue weighted by Gasteiger charge is -2.09. The molecule has 0 saturated carbocycles. The number of hydrogen-bond acceptors (Lipinski definition) is 2. The van der Waals surface area contributed by atoms with Gasteiger partial charge in [0.2, 0.25) is 0 Å². The van der Waals surface area contributed by atoms with Crippen molar-refractivity contribution in [1.82, 2.24) is 5.32 Å². The monoisotopic (exact) mass is 280 g/mol. The normalized spacial score (nSPS) is 15.7. The standard InChI is InChI=1S/C10H12BrNO.ClH/c1-7(12-2)10(13)8-5-3-4-6-9(8)11;/h3-7,12H,1-2H3;1H/i2D3;. The summed E-state index contributed by atoms with van der Waals surface area (Å²) in [5.74, 6) is -0.247. The van der Waals surface area contributed by atoms with Crippen molar-refractivity contribution >= 4 is 34.1 Å². The molecular weight excluding hydrogens is 265 g/mol. The quantitative estimate of drug-likeness (QED) is 0.863. The Balaban J connectivity index is 0.00000256. The minimum atomic E-state index is -2.31. The number of carbonyl (C=O) groups is 1. The van der Waals surface area contributed by atoms with Gasteiger partial charge in [0.05, 0.1) is 6.04 Å². The van der Waals surface area contributed by atoms with Gasteiger partial charge in [0, 0.05) is 14.1 Å². The second-order valence-corrected chi connectivity index (χ2v) is 3.56. The second-order valence-electron chi connectivity index (χ2n) is 2.71. The van der Waals surface area contributed by atoms with Gasteiger partial charge in [-0.05, 0) is 20.0 Å². The number of rotatable bonds is 3. The van der Waals surface area contributed by atoms with Gasteiger partial charge in [-0.1, -0.05) is 34.1 Å². The third kappa shape index (κ3) is 3.08. The van der Waals surface area contributed by atoms with E-state index in [0.29, 0.717) is 10.0 Å². The van der Waals surface area contributed by atoms with Gasteiger partial charge >= 0.3 is 0 Å². The van der Waals surface area contributed by atoms with Crippen LogP contribution in [0.1, 0.15) is 21.4 Å². The van der Waals surface area contributed by atoms with Crippen molar-refractivity contribution in [2.24, 2.45) is 0 Å². The van der Waals surface area contributed by atoms with Crippen molar-refractivity contribution in [2.75, 3.05) is 6.98 Å². The van der Waals surface area contributed by atoms with E-state index in [1.807, 2.05) is 0 Å². The zero-order chi connectivity index (χ0) is 12.3. The molecule has 1 N–H and O–H groups in total. The Morgan fingerprint density at radius 2 is 2.21 bits per heavy atom. The summed E-state index contributed by atoms with van der Waals surface area (Å²) in [6.07, 6.45) is 0. The molecule has 14 heavy (non-hydrogen) atoms. The fraction of sp³-hybridized carbons (Fsp3) is 0.300. The first-order chi connectivity index (χ1) is 7.31. The zero-order valence-corrected chi connectivity index (χ0v) is 9.98. The van der Waals surface area contributed by atoms with Crippen LogP contribution in [0.5, 0.6) is 0 Å². The molecule has 0 aliphatic carbocycles. The molecule has 1 aromatic carbocycles. The van der Waals surface area contributed by atoms with Gasteiger partial charge in [0.25, 0.3) is 0 Å². The maximum atomic E-state index is 11.9. The molecule has 4 heteroatoms. The van der Waals surface area contributed by atoms with Crippen LogP contribution in [-0.4, -0.2) is 18.8 Å². The first-order valence-electron chi connectivity index (χ1n) is 5.38. The van der Waals surface area contributed by atoms with Crippen LogP contribution in [0.2, 0.25) is 0 Å². The summed E-state index contributed by atoms with van der Waals surface area (Å²) in [4.78, 5) is 11.9. The second kappa shape index (κ2) is 6.17. The molecule has 0 aliphatic heterocycles. The van der Waals surface area contributed by atoms with Gasteiger partial charge in [0.15, 0.2) is 5.78 Å². The van der Waals surface area contributed by atoms with Crippen LogP contribution in [0.4, 0.5) is 0 Å². The van der Waals surface area contributed by atoms with E-state index < -0.39 is 13.0 Å². The maximum absolute atomic E-state index is 11.9. The van der Waals surface area contributed by atoms with Crippen molar-refractivity contribution in [2.45, 2.75) is 13.0 Å². The highest BCUT2D eigenvalue weighted by atomic mass is 79.9. The van der Waals surface area contributed by atoms with Crippen molar-refractivity contribution in [3.8, 4) is 0 Å². The van der Waals surface area contributed by atoms with Crippen LogP contribution in [0, 0.1) is 0 Å². The number of carbonyl (C=O) groups excluding carboxylic acids is 1. The minimum Gasteiger partial charge on any atom is -0.310 e. The van der Waals surface area contributed by atoms with E-state index in [-0.39, 0.29) is 18.2 Å². The molecule has 1 atom stereocenters. The van der Waals surface area contributed by atoms with Crippen LogP contribution in [0.3, 0.4) is 0 Å². The van der Waals surface area contributed by atoms with E-state index in [0.717, 1.165) is 0 Å². The van der Waals surface area contributed by atoms with Crippen LogP contribution in [0.15, 0.2) is 28.7 Å². The molecule has 2 nitrogen and oxygen atoms in total. The molecular formula is C10H13BrClNO. The molecule has 0 bridgehead atoms. The number of halogens is 2. The number of likely N-dealkylation sites (N-methyl/N-ethyl adjacent to an activating group) is 1. The predicted molar refractivity (Wildman–Crippen MR) is 64.2 cm³/mol. The summed E-state index contributed by atoms with van der Waals surface area (Å²) in [7, 11) is 0. The van der Waals surface area contributed by atoms with E-state index in [9.17, 15) is 4.79 Å². The minimum absolute atomic E-state index is 0. The Hall–Kier alpha value is -0.380. The molecule has 0 heterocycles. The lowest BCUT2D eigenvalue weighted by molar-refractivity contribution is 0.0954. The molecule has 1 rings (SSSR count). The van der Waals surface area contributed by atoms with Gasteiger partial charge in [-0.25, -0.2) is 0 Å². The maximum Gasteiger partial charge on any atom is 0.180 e. The van der Waals surface area contributed by atoms with Gasteiger partial charge in [-0.3, -0.25) is 4.79 Å². The Morgan fingerprint density at radius 1 is 1.57 bits per heavy atom. The number of Topliss-reactive ketones (excluding diaryl/α,β-unsaturated/α-hetero) is 1. The number of benzene rings is 1. The molecule has 1 unspecified atom stereocenters. The van der Waals surface area contributed by atoms with Crippen molar-refractivity contribution in [1.29, 1.82) is 0 Å². The SMILES string of the molecule is Cl.[2H]C([2H])([2H])NC(C)C(=O)c1ccccc1Br. The summed E-state index contributed by atoms with van der Waals surface area (Å²) < 4.78 is 21.8. The van der Waals surface area contributed by atoms with Gasteiger partial charge in [0.1, 0.15) is 0 Å². The van der Waals surface area contributed by atoms with E-state index in [1.165, 1.54) is 6.92 Å². The third-order valence-corrected chi connectivity index (χ3v) is 2.44. The topological polar surface area (TPSA) is 29.1 Å². The van der Waals surface area contributed by atoms with Crippen LogP contribution >= 0.6 is 28.3 Å². The Labute approximate surface area is 103 Å². The molecule has 0 spiro atoms. The van der Waals surface area contributed by atoms with Gasteiger partial charge in [-0.15, -0.1) is 12.4 Å². The average molecular weight is 282 g/mol. The molecule has 0 aromatic heterocycles. The van der Waals surface area contributed by atoms with Crippen LogP contribution in [-0.2, 0) is 0 Å². The smallest absolute Gasteiger partial charge is 0.180 e. The number of ketones is 1. The molecule has 0 fully saturated rings. The molecule has 0 aliphatic rings. The Kier molecular flexibility index (Phi) is 3.92. The van der Waals surface area contributed by atoms with Gasteiger partial charge < -0.3 is 5.32 Å². The number of hydrogen-bond donors (Lipinski definition) is 1. The highest BCUT2D eigenvalue weighted by Crippen LogP contribution is 2.17. The van der Waals surface area contributed by atoms with Crippen molar-refractivity contribution in [3.63, 3.8) is 0 Å². The van der Waals surface area contributed by atoms with Gasteiger partial charge in [-0.2, -0.15) is 0 Å². The van der Waals surface area contributed by atoms with E-state index in [1.54, 1.807) is 24.3 Å². The molecule has 0 saturated heterocycles. The summed E-state index contributed by atoms with van der Waals surface area (Å²) in [6.45, 7) is -0.773.